The summed E-state index contributed by atoms with van der Waals surface area (Å²) in [6.07, 6.45) is 7.91. The first-order valence-electron chi connectivity index (χ1n) is 11.3. The summed E-state index contributed by atoms with van der Waals surface area (Å²) in [5.41, 5.74) is 9.47. The SMILES string of the molecule is NC[C@H]1CC[C@H](C(=O)NC(Cc2ccccc2)c2cc(-c3ccc(=O)[nH]c3)ccn2)CC1. The third-order valence-corrected chi connectivity index (χ3v) is 6.41. The van der Waals surface area contributed by atoms with E-state index in [9.17, 15) is 9.59 Å². The molecule has 32 heavy (non-hydrogen) atoms. The lowest BCUT2D eigenvalue weighted by Crippen LogP contribution is -2.37. The standard InChI is InChI=1S/C26H30N4O2/c27-16-19-6-8-20(9-7-19)26(32)30-24(14-18-4-2-1-3-5-18)23-15-21(12-13-28-23)22-10-11-25(31)29-17-22/h1-5,10-13,15,17,19-20,24H,6-9,14,16,27H2,(H,29,31)(H,30,32)/t19-,20-,24?. The van der Waals surface area contributed by atoms with E-state index in [0.717, 1.165) is 48.1 Å². The molecule has 0 saturated heterocycles. The molecule has 0 spiro atoms. The molecule has 166 valence electrons. The van der Waals surface area contributed by atoms with Crippen molar-refractivity contribution in [2.24, 2.45) is 17.6 Å². The van der Waals surface area contributed by atoms with Crippen molar-refractivity contribution in [1.29, 1.82) is 0 Å². The highest BCUT2D eigenvalue weighted by atomic mass is 16.2. The van der Waals surface area contributed by atoms with Gasteiger partial charge in [-0.3, -0.25) is 14.6 Å². The number of benzene rings is 1. The fourth-order valence-electron chi connectivity index (χ4n) is 4.44. The highest BCUT2D eigenvalue weighted by Gasteiger charge is 2.28. The molecule has 1 aliphatic rings. The number of nitrogens with zero attached hydrogens (tertiary/aromatic N) is 1. The maximum Gasteiger partial charge on any atom is 0.247 e. The zero-order valence-electron chi connectivity index (χ0n) is 18.2. The molecule has 1 unspecified atom stereocenters. The average molecular weight is 431 g/mol. The van der Waals surface area contributed by atoms with Crippen LogP contribution < -0.4 is 16.6 Å². The number of nitrogens with one attached hydrogen (secondary N) is 2. The smallest absolute Gasteiger partial charge is 0.247 e. The van der Waals surface area contributed by atoms with Crippen LogP contribution >= 0.6 is 0 Å². The van der Waals surface area contributed by atoms with Crippen molar-refractivity contribution in [3.05, 3.63) is 88.6 Å². The van der Waals surface area contributed by atoms with Crippen molar-refractivity contribution in [3.63, 3.8) is 0 Å². The van der Waals surface area contributed by atoms with Gasteiger partial charge in [-0.15, -0.1) is 0 Å². The quantitative estimate of drug-likeness (QED) is 0.533. The predicted octanol–water partition coefficient (Wildman–Crippen LogP) is 3.60. The molecule has 6 nitrogen and oxygen atoms in total. The number of pyridine rings is 2. The van der Waals surface area contributed by atoms with Gasteiger partial charge in [-0.1, -0.05) is 30.3 Å². The van der Waals surface area contributed by atoms with Gasteiger partial charge < -0.3 is 16.0 Å². The lowest BCUT2D eigenvalue weighted by molar-refractivity contribution is -0.127. The summed E-state index contributed by atoms with van der Waals surface area (Å²) in [6.45, 7) is 0.701. The Morgan fingerprint density at radius 3 is 2.53 bits per heavy atom. The molecule has 1 aromatic carbocycles. The fourth-order valence-corrected chi connectivity index (χ4v) is 4.44. The van der Waals surface area contributed by atoms with Gasteiger partial charge in [-0.05, 0) is 79.5 Å². The van der Waals surface area contributed by atoms with E-state index in [-0.39, 0.29) is 23.4 Å². The Bertz CT molecular complexity index is 1070. The summed E-state index contributed by atoms with van der Waals surface area (Å²) in [5, 5.41) is 3.28. The summed E-state index contributed by atoms with van der Waals surface area (Å²) >= 11 is 0. The van der Waals surface area contributed by atoms with Gasteiger partial charge in [0.1, 0.15) is 0 Å². The minimum atomic E-state index is -0.236. The lowest BCUT2D eigenvalue weighted by atomic mass is 9.81. The van der Waals surface area contributed by atoms with Crippen LogP contribution in [-0.4, -0.2) is 22.4 Å². The van der Waals surface area contributed by atoms with Crippen molar-refractivity contribution in [2.45, 2.75) is 38.1 Å². The molecular weight excluding hydrogens is 400 g/mol. The molecule has 4 N–H and O–H groups in total. The highest BCUT2D eigenvalue weighted by molar-refractivity contribution is 5.79. The van der Waals surface area contributed by atoms with Crippen molar-refractivity contribution in [1.82, 2.24) is 15.3 Å². The zero-order valence-corrected chi connectivity index (χ0v) is 18.2. The number of carbonyl (C=O) groups is 1. The van der Waals surface area contributed by atoms with Crippen LogP contribution in [-0.2, 0) is 11.2 Å². The molecular formula is C26H30N4O2. The zero-order chi connectivity index (χ0) is 22.3. The van der Waals surface area contributed by atoms with E-state index in [1.165, 1.54) is 6.07 Å². The first kappa shape index (κ1) is 22.0. The molecule has 2 heterocycles. The van der Waals surface area contributed by atoms with Crippen LogP contribution in [0.2, 0.25) is 0 Å². The summed E-state index contributed by atoms with van der Waals surface area (Å²) < 4.78 is 0. The molecule has 0 radical (unpaired) electrons. The third-order valence-electron chi connectivity index (χ3n) is 6.41. The number of aromatic nitrogens is 2. The Balaban J connectivity index is 1.57. The van der Waals surface area contributed by atoms with E-state index in [1.807, 2.05) is 30.3 Å². The topological polar surface area (TPSA) is 101 Å². The molecule has 1 amide bonds. The summed E-state index contributed by atoms with van der Waals surface area (Å²) in [7, 11) is 0. The Hall–Kier alpha value is -3.25. The minimum Gasteiger partial charge on any atom is -0.347 e. The molecule has 6 heteroatoms. The normalized spacial score (nSPS) is 19.3. The number of aromatic amines is 1. The van der Waals surface area contributed by atoms with E-state index in [0.29, 0.717) is 18.9 Å². The molecule has 4 rings (SSSR count). The molecule has 1 atom stereocenters. The Morgan fingerprint density at radius 1 is 1.06 bits per heavy atom. The maximum atomic E-state index is 13.1. The minimum absolute atomic E-state index is 0.0263. The van der Waals surface area contributed by atoms with E-state index < -0.39 is 0 Å². The maximum absolute atomic E-state index is 13.1. The van der Waals surface area contributed by atoms with Gasteiger partial charge in [-0.25, -0.2) is 0 Å². The van der Waals surface area contributed by atoms with E-state index in [1.54, 1.807) is 18.5 Å². The second kappa shape index (κ2) is 10.4. The molecule has 0 bridgehead atoms. The van der Waals surface area contributed by atoms with Gasteiger partial charge in [0.15, 0.2) is 0 Å². The van der Waals surface area contributed by atoms with Crippen molar-refractivity contribution >= 4 is 5.91 Å². The number of hydrogen-bond donors (Lipinski definition) is 3. The van der Waals surface area contributed by atoms with Crippen LogP contribution in [0.15, 0.2) is 71.8 Å². The number of nitrogens with two attached hydrogens (primary N) is 1. The Kier molecular flexibility index (Phi) is 7.12. The molecule has 2 aromatic heterocycles. The summed E-state index contributed by atoms with van der Waals surface area (Å²) in [5.74, 6) is 0.658. The Morgan fingerprint density at radius 2 is 1.84 bits per heavy atom. The first-order chi connectivity index (χ1) is 15.6. The monoisotopic (exact) mass is 430 g/mol. The summed E-state index contributed by atoms with van der Waals surface area (Å²) in [6, 6.07) is 17.1. The molecule has 1 aliphatic carbocycles. The molecule has 0 aliphatic heterocycles. The second-order valence-corrected chi connectivity index (χ2v) is 8.62. The van der Waals surface area contributed by atoms with E-state index in [2.05, 4.69) is 27.4 Å². The third kappa shape index (κ3) is 5.51. The molecule has 1 fully saturated rings. The van der Waals surface area contributed by atoms with E-state index >= 15 is 0 Å². The van der Waals surface area contributed by atoms with Crippen molar-refractivity contribution in [3.8, 4) is 11.1 Å². The Labute approximate surface area is 188 Å². The predicted molar refractivity (Wildman–Crippen MR) is 126 cm³/mol. The van der Waals surface area contributed by atoms with Crippen LogP contribution in [0.3, 0.4) is 0 Å². The number of H-pyrrole nitrogens is 1. The van der Waals surface area contributed by atoms with Gasteiger partial charge in [0.25, 0.3) is 0 Å². The second-order valence-electron chi connectivity index (χ2n) is 8.62. The van der Waals surface area contributed by atoms with Crippen LogP contribution in [0.25, 0.3) is 11.1 Å². The van der Waals surface area contributed by atoms with E-state index in [4.69, 9.17) is 5.73 Å². The molecule has 3 aromatic rings. The average Bonchev–Trinajstić information content (AvgIpc) is 2.85. The summed E-state index contributed by atoms with van der Waals surface area (Å²) in [4.78, 5) is 31.9. The van der Waals surface area contributed by atoms with Crippen molar-refractivity contribution in [2.75, 3.05) is 6.54 Å². The number of rotatable bonds is 7. The number of hydrogen-bond acceptors (Lipinski definition) is 4. The van der Waals surface area contributed by atoms with Gasteiger partial charge in [-0.2, -0.15) is 0 Å². The largest absolute Gasteiger partial charge is 0.347 e. The van der Waals surface area contributed by atoms with Crippen LogP contribution in [0, 0.1) is 11.8 Å². The highest BCUT2D eigenvalue weighted by Crippen LogP contribution is 2.29. The van der Waals surface area contributed by atoms with Crippen LogP contribution in [0.4, 0.5) is 0 Å². The van der Waals surface area contributed by atoms with Crippen LogP contribution in [0.1, 0.15) is 43.0 Å². The number of carbonyl (C=O) groups excluding carboxylic acids is 1. The number of amides is 1. The van der Waals surface area contributed by atoms with Gasteiger partial charge >= 0.3 is 0 Å². The van der Waals surface area contributed by atoms with Crippen molar-refractivity contribution < 1.29 is 4.79 Å². The fraction of sp³-hybridized carbons (Fsp3) is 0.346. The van der Waals surface area contributed by atoms with Gasteiger partial charge in [0.05, 0.1) is 11.7 Å². The first-order valence-corrected chi connectivity index (χ1v) is 11.3. The van der Waals surface area contributed by atoms with Crippen LogP contribution in [0.5, 0.6) is 0 Å². The molecule has 1 saturated carbocycles. The van der Waals surface area contributed by atoms with Gasteiger partial charge in [0, 0.05) is 24.4 Å². The lowest BCUT2D eigenvalue weighted by Gasteiger charge is -2.28. The van der Waals surface area contributed by atoms with Gasteiger partial charge in [0.2, 0.25) is 11.5 Å².